The topological polar surface area (TPSA) is 46.8 Å². The van der Waals surface area contributed by atoms with Gasteiger partial charge in [-0.1, -0.05) is 0 Å². The van der Waals surface area contributed by atoms with Gasteiger partial charge in [0.15, 0.2) is 0 Å². The Balaban J connectivity index is 1.54. The predicted octanol–water partition coefficient (Wildman–Crippen LogP) is 2.75. The van der Waals surface area contributed by atoms with Gasteiger partial charge in [-0.05, 0) is 37.1 Å². The zero-order chi connectivity index (χ0) is 14.9. The second kappa shape index (κ2) is 5.40. The second-order valence-electron chi connectivity index (χ2n) is 5.85. The number of hydrogen-bond donors (Lipinski definition) is 0. The number of aromatic nitrogens is 4. The minimum absolute atomic E-state index is 0.583. The molecule has 112 valence electrons. The van der Waals surface area contributed by atoms with Crippen molar-refractivity contribution in [2.45, 2.75) is 18.8 Å². The van der Waals surface area contributed by atoms with E-state index in [0.717, 1.165) is 37.5 Å². The van der Waals surface area contributed by atoms with Crippen molar-refractivity contribution in [2.24, 2.45) is 7.05 Å². The van der Waals surface area contributed by atoms with Crippen molar-refractivity contribution in [3.63, 3.8) is 0 Å². The van der Waals surface area contributed by atoms with Crippen molar-refractivity contribution >= 4 is 17.0 Å². The highest BCUT2D eigenvalue weighted by Crippen LogP contribution is 2.31. The minimum Gasteiger partial charge on any atom is -0.341 e. The summed E-state index contributed by atoms with van der Waals surface area (Å²) in [5.74, 6) is 1.43. The fourth-order valence-corrected chi connectivity index (χ4v) is 3.40. The Morgan fingerprint density at radius 2 is 1.73 bits per heavy atom. The number of nitrogens with zero attached hydrogens (tertiary/aromatic N) is 5. The van der Waals surface area contributed by atoms with Crippen LogP contribution >= 0.6 is 0 Å². The summed E-state index contributed by atoms with van der Waals surface area (Å²) in [6, 6.07) is 8.29. The van der Waals surface area contributed by atoms with E-state index in [-0.39, 0.29) is 0 Å². The molecule has 0 aliphatic carbocycles. The molecule has 0 bridgehead atoms. The summed E-state index contributed by atoms with van der Waals surface area (Å²) in [5.41, 5.74) is 2.47. The molecule has 0 unspecified atom stereocenters. The zero-order valence-corrected chi connectivity index (χ0v) is 12.7. The molecule has 1 fully saturated rings. The van der Waals surface area contributed by atoms with Crippen LogP contribution in [-0.2, 0) is 7.05 Å². The first-order valence-electron chi connectivity index (χ1n) is 7.75. The van der Waals surface area contributed by atoms with E-state index in [1.54, 1.807) is 0 Å². The van der Waals surface area contributed by atoms with E-state index in [2.05, 4.69) is 43.6 Å². The van der Waals surface area contributed by atoms with Crippen molar-refractivity contribution in [1.82, 2.24) is 19.5 Å². The zero-order valence-electron chi connectivity index (χ0n) is 12.7. The molecule has 3 aromatic rings. The molecule has 0 aromatic carbocycles. The molecule has 1 aliphatic rings. The smallest absolute Gasteiger partial charge is 0.225 e. The van der Waals surface area contributed by atoms with Gasteiger partial charge in [-0.25, -0.2) is 15.0 Å². The predicted molar refractivity (Wildman–Crippen MR) is 86.9 cm³/mol. The summed E-state index contributed by atoms with van der Waals surface area (Å²) in [4.78, 5) is 15.5. The van der Waals surface area contributed by atoms with Gasteiger partial charge in [-0.3, -0.25) is 0 Å². The van der Waals surface area contributed by atoms with Gasteiger partial charge >= 0.3 is 0 Å². The Morgan fingerprint density at radius 1 is 1.00 bits per heavy atom. The van der Waals surface area contributed by atoms with Gasteiger partial charge in [0.1, 0.15) is 5.65 Å². The van der Waals surface area contributed by atoms with Crippen LogP contribution in [0.4, 0.5) is 5.95 Å². The molecule has 0 N–H and O–H groups in total. The lowest BCUT2D eigenvalue weighted by Gasteiger charge is -2.32. The summed E-state index contributed by atoms with van der Waals surface area (Å²) in [7, 11) is 2.12. The number of rotatable bonds is 2. The maximum absolute atomic E-state index is 4.49. The van der Waals surface area contributed by atoms with Crippen LogP contribution in [0, 0.1) is 0 Å². The third kappa shape index (κ3) is 2.22. The normalized spacial score (nSPS) is 16.3. The second-order valence-corrected chi connectivity index (χ2v) is 5.85. The van der Waals surface area contributed by atoms with Gasteiger partial charge in [0.2, 0.25) is 5.95 Å². The summed E-state index contributed by atoms with van der Waals surface area (Å²) < 4.78 is 2.24. The molecular weight excluding hydrogens is 274 g/mol. The van der Waals surface area contributed by atoms with E-state index in [4.69, 9.17) is 0 Å². The van der Waals surface area contributed by atoms with Gasteiger partial charge in [0, 0.05) is 55.7 Å². The van der Waals surface area contributed by atoms with Crippen molar-refractivity contribution in [3.8, 4) is 0 Å². The van der Waals surface area contributed by atoms with E-state index in [0.29, 0.717) is 5.92 Å². The Bertz CT molecular complexity index is 772. The highest BCUT2D eigenvalue weighted by molar-refractivity contribution is 5.77. The lowest BCUT2D eigenvalue weighted by molar-refractivity contribution is 0.482. The molecule has 1 aliphatic heterocycles. The van der Waals surface area contributed by atoms with Crippen LogP contribution in [-0.4, -0.2) is 32.6 Å². The summed E-state index contributed by atoms with van der Waals surface area (Å²) in [6.45, 7) is 2.01. The van der Waals surface area contributed by atoms with E-state index in [1.165, 1.54) is 11.1 Å². The molecule has 5 heteroatoms. The number of aryl methyl sites for hydroxylation is 1. The average molecular weight is 293 g/mol. The Hall–Kier alpha value is -2.43. The largest absolute Gasteiger partial charge is 0.341 e. The standard InChI is InChI=1S/C17H19N5/c1-21-15(12-14-4-2-7-18-16(14)21)13-5-10-22(11-6-13)17-19-8-3-9-20-17/h2-4,7-9,12-13H,5-6,10-11H2,1H3. The van der Waals surface area contributed by atoms with Crippen LogP contribution in [0.5, 0.6) is 0 Å². The molecule has 0 radical (unpaired) electrons. The Labute approximate surface area is 129 Å². The van der Waals surface area contributed by atoms with E-state index in [1.807, 2.05) is 30.7 Å². The molecule has 0 saturated carbocycles. The molecule has 5 nitrogen and oxygen atoms in total. The molecule has 4 rings (SSSR count). The molecule has 1 saturated heterocycles. The SMILES string of the molecule is Cn1c(C2CCN(c3ncccn3)CC2)cc2cccnc21. The maximum Gasteiger partial charge on any atom is 0.225 e. The van der Waals surface area contributed by atoms with Gasteiger partial charge in [0.05, 0.1) is 0 Å². The average Bonchev–Trinajstić information content (AvgIpc) is 2.93. The van der Waals surface area contributed by atoms with Gasteiger partial charge < -0.3 is 9.47 Å². The van der Waals surface area contributed by atoms with Crippen LogP contribution in [0.1, 0.15) is 24.5 Å². The molecule has 4 heterocycles. The molecule has 0 amide bonds. The number of pyridine rings is 1. The highest BCUT2D eigenvalue weighted by atomic mass is 15.2. The number of hydrogen-bond acceptors (Lipinski definition) is 4. The van der Waals surface area contributed by atoms with E-state index < -0.39 is 0 Å². The van der Waals surface area contributed by atoms with Crippen LogP contribution < -0.4 is 4.90 Å². The monoisotopic (exact) mass is 293 g/mol. The van der Waals surface area contributed by atoms with Crippen molar-refractivity contribution in [2.75, 3.05) is 18.0 Å². The number of anilines is 1. The quantitative estimate of drug-likeness (QED) is 0.729. The van der Waals surface area contributed by atoms with Gasteiger partial charge in [-0.2, -0.15) is 0 Å². The van der Waals surface area contributed by atoms with Gasteiger partial charge in [0.25, 0.3) is 0 Å². The van der Waals surface area contributed by atoms with E-state index >= 15 is 0 Å². The van der Waals surface area contributed by atoms with E-state index in [9.17, 15) is 0 Å². The number of piperidine rings is 1. The Morgan fingerprint density at radius 3 is 2.45 bits per heavy atom. The summed E-state index contributed by atoms with van der Waals surface area (Å²) >= 11 is 0. The lowest BCUT2D eigenvalue weighted by Crippen LogP contribution is -2.34. The van der Waals surface area contributed by atoms with Crippen LogP contribution in [0.3, 0.4) is 0 Å². The van der Waals surface area contributed by atoms with Crippen molar-refractivity contribution in [1.29, 1.82) is 0 Å². The lowest BCUT2D eigenvalue weighted by atomic mass is 9.93. The maximum atomic E-state index is 4.49. The molecular formula is C17H19N5. The van der Waals surface area contributed by atoms with Gasteiger partial charge in [-0.15, -0.1) is 0 Å². The highest BCUT2D eigenvalue weighted by Gasteiger charge is 2.24. The summed E-state index contributed by atoms with van der Waals surface area (Å²) in [6.07, 6.45) is 7.74. The molecule has 0 spiro atoms. The van der Waals surface area contributed by atoms with Crippen molar-refractivity contribution in [3.05, 3.63) is 48.5 Å². The molecule has 0 atom stereocenters. The fraction of sp³-hybridized carbons (Fsp3) is 0.353. The fourth-order valence-electron chi connectivity index (χ4n) is 3.40. The van der Waals surface area contributed by atoms with Crippen LogP contribution in [0.25, 0.3) is 11.0 Å². The van der Waals surface area contributed by atoms with Crippen molar-refractivity contribution < 1.29 is 0 Å². The first kappa shape index (κ1) is 13.2. The molecule has 22 heavy (non-hydrogen) atoms. The third-order valence-electron chi connectivity index (χ3n) is 4.57. The number of fused-ring (bicyclic) bond motifs is 1. The van der Waals surface area contributed by atoms with Crippen LogP contribution in [0.15, 0.2) is 42.9 Å². The Kier molecular flexibility index (Phi) is 3.25. The molecule has 3 aromatic heterocycles. The third-order valence-corrected chi connectivity index (χ3v) is 4.57. The van der Waals surface area contributed by atoms with Crippen LogP contribution in [0.2, 0.25) is 0 Å². The minimum atomic E-state index is 0.583. The summed E-state index contributed by atoms with van der Waals surface area (Å²) in [5, 5.41) is 1.23. The first-order valence-corrected chi connectivity index (χ1v) is 7.75. The first-order chi connectivity index (χ1) is 10.8.